The Morgan fingerprint density at radius 1 is 1.67 bits per heavy atom. The summed E-state index contributed by atoms with van der Waals surface area (Å²) in [6, 6.07) is 0. The summed E-state index contributed by atoms with van der Waals surface area (Å²) in [5.74, 6) is 0. The van der Waals surface area contributed by atoms with Crippen LogP contribution >= 0.6 is 0 Å². The Balaban J connectivity index is 3.59. The summed E-state index contributed by atoms with van der Waals surface area (Å²) in [5, 5.41) is 12.8. The lowest BCUT2D eigenvalue weighted by atomic mass is 10.1. The van der Waals surface area contributed by atoms with Gasteiger partial charge in [0, 0.05) is 7.05 Å². The van der Waals surface area contributed by atoms with E-state index < -0.39 is 5.60 Å². The molecule has 0 aliphatic rings. The van der Waals surface area contributed by atoms with Gasteiger partial charge >= 0.3 is 0 Å². The molecule has 0 radical (unpaired) electrons. The first-order chi connectivity index (χ1) is 3.95. The fourth-order valence-electron chi connectivity index (χ4n) is 0.589. The molecule has 9 heavy (non-hydrogen) atoms. The highest BCUT2D eigenvalue weighted by molar-refractivity contribution is 4.67. The van der Waals surface area contributed by atoms with Crippen LogP contribution in [0.15, 0.2) is 5.29 Å². The second-order valence-electron chi connectivity index (χ2n) is 2.71. The van der Waals surface area contributed by atoms with Crippen molar-refractivity contribution in [1.82, 2.24) is 5.01 Å². The van der Waals surface area contributed by atoms with Crippen molar-refractivity contribution in [3.8, 4) is 0 Å². The Labute approximate surface area is 54.4 Å². The molecule has 0 atom stereocenters. The number of nitroso groups, excluding NO2 is 1. The van der Waals surface area contributed by atoms with Crippen molar-refractivity contribution < 1.29 is 5.11 Å². The van der Waals surface area contributed by atoms with Gasteiger partial charge in [0.05, 0.1) is 17.4 Å². The van der Waals surface area contributed by atoms with Crippen molar-refractivity contribution in [1.29, 1.82) is 0 Å². The minimum absolute atomic E-state index is 0.260. The standard InChI is InChI=1S/C5H12N2O2/c1-5(2,8)4-7(3)6-9/h8H,4H2,1-3H3. The summed E-state index contributed by atoms with van der Waals surface area (Å²) in [4.78, 5) is 9.75. The van der Waals surface area contributed by atoms with Crippen molar-refractivity contribution in [3.63, 3.8) is 0 Å². The maximum absolute atomic E-state index is 9.75. The summed E-state index contributed by atoms with van der Waals surface area (Å²) in [7, 11) is 1.52. The van der Waals surface area contributed by atoms with Crippen molar-refractivity contribution in [2.45, 2.75) is 19.4 Å². The SMILES string of the molecule is CN(CC(C)(C)O)N=O. The molecule has 0 unspecified atom stereocenters. The van der Waals surface area contributed by atoms with Crippen LogP contribution in [0.4, 0.5) is 0 Å². The molecule has 0 saturated carbocycles. The first-order valence-electron chi connectivity index (χ1n) is 2.72. The summed E-state index contributed by atoms with van der Waals surface area (Å²) in [5.41, 5.74) is -0.845. The minimum Gasteiger partial charge on any atom is -0.389 e. The number of hydrogen-bond donors (Lipinski definition) is 1. The maximum atomic E-state index is 9.75. The van der Waals surface area contributed by atoms with E-state index in [2.05, 4.69) is 5.29 Å². The van der Waals surface area contributed by atoms with Gasteiger partial charge in [-0.15, -0.1) is 4.91 Å². The normalized spacial score (nSPS) is 11.1. The van der Waals surface area contributed by atoms with Gasteiger partial charge in [0.25, 0.3) is 0 Å². The van der Waals surface area contributed by atoms with Gasteiger partial charge < -0.3 is 5.11 Å². The first kappa shape index (κ1) is 8.36. The topological polar surface area (TPSA) is 52.9 Å². The monoisotopic (exact) mass is 132 g/mol. The molecule has 4 nitrogen and oxygen atoms in total. The molecule has 0 aromatic carbocycles. The van der Waals surface area contributed by atoms with E-state index in [0.717, 1.165) is 5.01 Å². The van der Waals surface area contributed by atoms with Crippen LogP contribution in [0.5, 0.6) is 0 Å². The van der Waals surface area contributed by atoms with Crippen LogP contribution < -0.4 is 0 Å². The van der Waals surface area contributed by atoms with E-state index in [1.54, 1.807) is 13.8 Å². The zero-order valence-electron chi connectivity index (χ0n) is 5.96. The molecule has 0 amide bonds. The molecule has 0 bridgehead atoms. The highest BCUT2D eigenvalue weighted by atomic mass is 16.3. The number of likely N-dealkylation sites (N-methyl/N-ethyl adjacent to an activating group) is 1. The number of nitrogens with zero attached hydrogens (tertiary/aromatic N) is 2. The van der Waals surface area contributed by atoms with Gasteiger partial charge in [-0.2, -0.15) is 0 Å². The van der Waals surface area contributed by atoms with E-state index in [4.69, 9.17) is 5.11 Å². The Bertz CT molecular complexity index is 97.6. The molecule has 0 saturated heterocycles. The molecular weight excluding hydrogens is 120 g/mol. The molecule has 0 aromatic rings. The fourth-order valence-corrected chi connectivity index (χ4v) is 0.589. The summed E-state index contributed by atoms with van der Waals surface area (Å²) >= 11 is 0. The molecule has 4 heteroatoms. The van der Waals surface area contributed by atoms with Crippen LogP contribution in [0.2, 0.25) is 0 Å². The van der Waals surface area contributed by atoms with Crippen molar-refractivity contribution in [2.24, 2.45) is 5.29 Å². The lowest BCUT2D eigenvalue weighted by molar-refractivity contribution is 0.0449. The smallest absolute Gasteiger partial charge is 0.0783 e. The van der Waals surface area contributed by atoms with E-state index in [1.165, 1.54) is 7.05 Å². The largest absolute Gasteiger partial charge is 0.389 e. The van der Waals surface area contributed by atoms with E-state index in [9.17, 15) is 4.91 Å². The molecule has 0 aliphatic carbocycles. The van der Waals surface area contributed by atoms with E-state index in [1.807, 2.05) is 0 Å². The zero-order valence-corrected chi connectivity index (χ0v) is 5.96. The van der Waals surface area contributed by atoms with Crippen molar-refractivity contribution >= 4 is 0 Å². The molecule has 0 spiro atoms. The van der Waals surface area contributed by atoms with Crippen LogP contribution in [-0.2, 0) is 0 Å². The Morgan fingerprint density at radius 2 is 2.11 bits per heavy atom. The third kappa shape index (κ3) is 5.23. The summed E-state index contributed by atoms with van der Waals surface area (Å²) < 4.78 is 0. The Morgan fingerprint density at radius 3 is 2.22 bits per heavy atom. The Kier molecular flexibility index (Phi) is 2.58. The van der Waals surface area contributed by atoms with Gasteiger partial charge in [-0.05, 0) is 13.8 Å². The van der Waals surface area contributed by atoms with Crippen LogP contribution in [0.25, 0.3) is 0 Å². The fraction of sp³-hybridized carbons (Fsp3) is 1.00. The first-order valence-corrected chi connectivity index (χ1v) is 2.72. The average molecular weight is 132 g/mol. The van der Waals surface area contributed by atoms with Gasteiger partial charge in [0.2, 0.25) is 0 Å². The summed E-state index contributed by atoms with van der Waals surface area (Å²) in [6.07, 6.45) is 0. The quantitative estimate of drug-likeness (QED) is 0.446. The molecule has 0 aliphatic heterocycles. The minimum atomic E-state index is -0.845. The second kappa shape index (κ2) is 2.77. The average Bonchev–Trinajstić information content (AvgIpc) is 1.62. The molecule has 0 fully saturated rings. The van der Waals surface area contributed by atoms with Gasteiger partial charge in [0.15, 0.2) is 0 Å². The molecule has 0 aromatic heterocycles. The summed E-state index contributed by atoms with van der Waals surface area (Å²) in [6.45, 7) is 3.50. The van der Waals surface area contributed by atoms with Gasteiger partial charge in [-0.3, -0.25) is 5.01 Å². The van der Waals surface area contributed by atoms with Crippen molar-refractivity contribution in [3.05, 3.63) is 4.91 Å². The van der Waals surface area contributed by atoms with E-state index in [-0.39, 0.29) is 6.54 Å². The predicted molar refractivity (Wildman–Crippen MR) is 34.7 cm³/mol. The Hall–Kier alpha value is -0.640. The van der Waals surface area contributed by atoms with Gasteiger partial charge in [0.1, 0.15) is 0 Å². The number of aliphatic hydroxyl groups is 1. The van der Waals surface area contributed by atoms with Gasteiger partial charge in [-0.1, -0.05) is 0 Å². The van der Waals surface area contributed by atoms with E-state index in [0.29, 0.717) is 0 Å². The molecule has 54 valence electrons. The number of hydrogen-bond acceptors (Lipinski definition) is 3. The predicted octanol–water partition coefficient (Wildman–Crippen LogP) is 0.370. The molecular formula is C5H12N2O2. The van der Waals surface area contributed by atoms with Crippen LogP contribution in [-0.4, -0.2) is 29.3 Å². The molecule has 1 N–H and O–H groups in total. The van der Waals surface area contributed by atoms with Crippen molar-refractivity contribution in [2.75, 3.05) is 13.6 Å². The van der Waals surface area contributed by atoms with E-state index >= 15 is 0 Å². The zero-order chi connectivity index (χ0) is 7.49. The molecule has 0 heterocycles. The number of rotatable bonds is 3. The lowest BCUT2D eigenvalue weighted by Gasteiger charge is -2.20. The van der Waals surface area contributed by atoms with Crippen LogP contribution in [0.3, 0.4) is 0 Å². The van der Waals surface area contributed by atoms with Crippen LogP contribution in [0.1, 0.15) is 13.8 Å². The lowest BCUT2D eigenvalue weighted by Crippen LogP contribution is -2.33. The highest BCUT2D eigenvalue weighted by Gasteiger charge is 2.14. The highest BCUT2D eigenvalue weighted by Crippen LogP contribution is 2.01. The maximum Gasteiger partial charge on any atom is 0.0783 e. The molecule has 0 rings (SSSR count). The second-order valence-corrected chi connectivity index (χ2v) is 2.71. The third-order valence-electron chi connectivity index (χ3n) is 0.755. The van der Waals surface area contributed by atoms with Gasteiger partial charge in [-0.25, -0.2) is 0 Å². The van der Waals surface area contributed by atoms with Crippen LogP contribution in [0, 0.1) is 4.91 Å². The third-order valence-corrected chi connectivity index (χ3v) is 0.755.